The highest BCUT2D eigenvalue weighted by atomic mass is 16.5. The molecule has 0 spiro atoms. The molecule has 2 atom stereocenters. The Bertz CT molecular complexity index is 325. The molecule has 3 N–H and O–H groups in total. The number of nitrogens with zero attached hydrogens (tertiary/aromatic N) is 2. The van der Waals surface area contributed by atoms with Gasteiger partial charge in [-0.15, -0.1) is 0 Å². The first-order chi connectivity index (χ1) is 8.97. The van der Waals surface area contributed by atoms with Crippen LogP contribution in [0.5, 0.6) is 0 Å². The molecular formula is C13H25N3O3. The van der Waals surface area contributed by atoms with E-state index >= 15 is 0 Å². The summed E-state index contributed by atoms with van der Waals surface area (Å²) in [5.74, 6) is -0.757. The van der Waals surface area contributed by atoms with E-state index < -0.39 is 5.92 Å². The van der Waals surface area contributed by atoms with E-state index in [9.17, 15) is 4.79 Å². The number of rotatable bonds is 5. The fourth-order valence-electron chi connectivity index (χ4n) is 2.40. The fraction of sp³-hybridized carbons (Fsp3) is 0.846. The van der Waals surface area contributed by atoms with Crippen molar-refractivity contribution in [1.29, 1.82) is 0 Å². The van der Waals surface area contributed by atoms with E-state index in [1.54, 1.807) is 11.9 Å². The highest BCUT2D eigenvalue weighted by Gasteiger charge is 2.30. The van der Waals surface area contributed by atoms with Crippen LogP contribution in [0.3, 0.4) is 0 Å². The Labute approximate surface area is 114 Å². The summed E-state index contributed by atoms with van der Waals surface area (Å²) in [7, 11) is 1.74. The average Bonchev–Trinajstić information content (AvgIpc) is 2.39. The minimum atomic E-state index is -0.585. The maximum Gasteiger partial charge on any atom is 0.233 e. The number of amidine groups is 1. The van der Waals surface area contributed by atoms with Crippen LogP contribution in [0.15, 0.2) is 5.16 Å². The van der Waals surface area contributed by atoms with Gasteiger partial charge in [0.05, 0.1) is 6.10 Å². The van der Waals surface area contributed by atoms with Gasteiger partial charge in [0, 0.05) is 20.2 Å². The molecule has 1 saturated heterocycles. The Kier molecular flexibility index (Phi) is 6.08. The lowest BCUT2D eigenvalue weighted by Gasteiger charge is -2.30. The molecule has 0 bridgehead atoms. The van der Waals surface area contributed by atoms with Crippen LogP contribution < -0.4 is 5.73 Å². The number of hydrogen-bond donors (Lipinski definition) is 2. The quantitative estimate of drug-likeness (QED) is 0.338. The van der Waals surface area contributed by atoms with Crippen LogP contribution in [0.2, 0.25) is 0 Å². The Morgan fingerprint density at radius 1 is 1.53 bits per heavy atom. The minimum Gasteiger partial charge on any atom is -0.409 e. The molecule has 1 fully saturated rings. The molecular weight excluding hydrogens is 246 g/mol. The van der Waals surface area contributed by atoms with E-state index in [0.717, 1.165) is 25.9 Å². The molecule has 2 unspecified atom stereocenters. The molecule has 1 aliphatic heterocycles. The SMILES string of the molecule is CC(C)C(C(=O)N(C)CC1CCCCO1)C(N)=NO. The summed E-state index contributed by atoms with van der Waals surface area (Å²) in [5, 5.41) is 11.7. The zero-order chi connectivity index (χ0) is 14.4. The van der Waals surface area contributed by atoms with Crippen molar-refractivity contribution >= 4 is 11.7 Å². The number of carbonyl (C=O) groups is 1. The van der Waals surface area contributed by atoms with Crippen molar-refractivity contribution < 1.29 is 14.7 Å². The summed E-state index contributed by atoms with van der Waals surface area (Å²) in [5.41, 5.74) is 5.61. The van der Waals surface area contributed by atoms with E-state index in [4.69, 9.17) is 15.7 Å². The molecule has 6 nitrogen and oxygen atoms in total. The molecule has 19 heavy (non-hydrogen) atoms. The first-order valence-corrected chi connectivity index (χ1v) is 6.81. The molecule has 1 aliphatic rings. The Hall–Kier alpha value is -1.30. The second-order valence-corrected chi connectivity index (χ2v) is 5.45. The van der Waals surface area contributed by atoms with Gasteiger partial charge >= 0.3 is 0 Å². The summed E-state index contributed by atoms with van der Waals surface area (Å²) in [6, 6.07) is 0. The van der Waals surface area contributed by atoms with Crippen LogP contribution >= 0.6 is 0 Å². The van der Waals surface area contributed by atoms with E-state index in [0.29, 0.717) is 6.54 Å². The zero-order valence-electron chi connectivity index (χ0n) is 12.0. The summed E-state index contributed by atoms with van der Waals surface area (Å²) >= 11 is 0. The molecule has 6 heteroatoms. The van der Waals surface area contributed by atoms with E-state index in [2.05, 4.69) is 5.16 Å². The predicted octanol–water partition coefficient (Wildman–Crippen LogP) is 1.03. The average molecular weight is 271 g/mol. The molecule has 1 amide bonds. The maximum absolute atomic E-state index is 12.4. The van der Waals surface area contributed by atoms with Crippen LogP contribution in [-0.2, 0) is 9.53 Å². The lowest BCUT2D eigenvalue weighted by molar-refractivity contribution is -0.135. The van der Waals surface area contributed by atoms with Crippen molar-refractivity contribution in [2.45, 2.75) is 39.2 Å². The highest BCUT2D eigenvalue weighted by molar-refractivity contribution is 6.02. The Morgan fingerprint density at radius 2 is 2.21 bits per heavy atom. The lowest BCUT2D eigenvalue weighted by atomic mass is 9.93. The van der Waals surface area contributed by atoms with Crippen molar-refractivity contribution in [2.24, 2.45) is 22.7 Å². The molecule has 0 aromatic heterocycles. The van der Waals surface area contributed by atoms with Crippen LogP contribution in [0.4, 0.5) is 0 Å². The Balaban J connectivity index is 2.62. The third-order valence-corrected chi connectivity index (χ3v) is 3.49. The third-order valence-electron chi connectivity index (χ3n) is 3.49. The molecule has 0 aliphatic carbocycles. The van der Waals surface area contributed by atoms with Gasteiger partial charge in [-0.25, -0.2) is 0 Å². The number of hydrogen-bond acceptors (Lipinski definition) is 4. The maximum atomic E-state index is 12.4. The van der Waals surface area contributed by atoms with Crippen LogP contribution in [-0.4, -0.2) is 48.2 Å². The van der Waals surface area contributed by atoms with Crippen molar-refractivity contribution in [1.82, 2.24) is 4.90 Å². The van der Waals surface area contributed by atoms with Crippen LogP contribution in [0.25, 0.3) is 0 Å². The molecule has 0 radical (unpaired) electrons. The number of amides is 1. The first kappa shape index (κ1) is 15.8. The van der Waals surface area contributed by atoms with Crippen molar-refractivity contribution in [2.75, 3.05) is 20.2 Å². The number of carbonyl (C=O) groups excluding carboxylic acids is 1. The van der Waals surface area contributed by atoms with Gasteiger partial charge in [-0.2, -0.15) is 0 Å². The lowest BCUT2D eigenvalue weighted by Crippen LogP contribution is -2.45. The first-order valence-electron chi connectivity index (χ1n) is 6.81. The Morgan fingerprint density at radius 3 is 2.68 bits per heavy atom. The van der Waals surface area contributed by atoms with Gasteiger partial charge in [0.2, 0.25) is 5.91 Å². The second kappa shape index (κ2) is 7.33. The smallest absolute Gasteiger partial charge is 0.233 e. The van der Waals surface area contributed by atoms with E-state index in [-0.39, 0.29) is 23.8 Å². The van der Waals surface area contributed by atoms with Gasteiger partial charge in [-0.1, -0.05) is 19.0 Å². The predicted molar refractivity (Wildman–Crippen MR) is 73.0 cm³/mol. The van der Waals surface area contributed by atoms with Gasteiger partial charge in [-0.05, 0) is 25.2 Å². The molecule has 0 aromatic rings. The number of oxime groups is 1. The second-order valence-electron chi connectivity index (χ2n) is 5.45. The van der Waals surface area contributed by atoms with Crippen molar-refractivity contribution in [3.63, 3.8) is 0 Å². The molecule has 110 valence electrons. The largest absolute Gasteiger partial charge is 0.409 e. The summed E-state index contributed by atoms with van der Waals surface area (Å²) in [6.45, 7) is 5.08. The fourth-order valence-corrected chi connectivity index (χ4v) is 2.40. The monoisotopic (exact) mass is 271 g/mol. The summed E-state index contributed by atoms with van der Waals surface area (Å²) in [4.78, 5) is 14.0. The van der Waals surface area contributed by atoms with Gasteiger partial charge in [0.15, 0.2) is 5.84 Å². The van der Waals surface area contributed by atoms with E-state index in [1.165, 1.54) is 0 Å². The van der Waals surface area contributed by atoms with E-state index in [1.807, 2.05) is 13.8 Å². The zero-order valence-corrected chi connectivity index (χ0v) is 12.0. The summed E-state index contributed by atoms with van der Waals surface area (Å²) in [6.07, 6.45) is 3.31. The topological polar surface area (TPSA) is 88.2 Å². The standard InChI is InChI=1S/C13H25N3O3/c1-9(2)11(12(14)15-18)13(17)16(3)8-10-6-4-5-7-19-10/h9-11,18H,4-8H2,1-3H3,(H2,14,15). The number of ether oxygens (including phenoxy) is 1. The van der Waals surface area contributed by atoms with Crippen LogP contribution in [0.1, 0.15) is 33.1 Å². The number of nitrogens with two attached hydrogens (primary N) is 1. The van der Waals surface area contributed by atoms with Gasteiger partial charge in [-0.3, -0.25) is 4.79 Å². The molecule has 1 rings (SSSR count). The number of likely N-dealkylation sites (N-methyl/N-ethyl adjacent to an activating group) is 1. The summed E-state index contributed by atoms with van der Waals surface area (Å²) < 4.78 is 5.62. The molecule has 1 heterocycles. The third kappa shape index (κ3) is 4.38. The van der Waals surface area contributed by atoms with Crippen LogP contribution in [0, 0.1) is 11.8 Å². The van der Waals surface area contributed by atoms with Gasteiger partial charge < -0.3 is 20.6 Å². The van der Waals surface area contributed by atoms with Gasteiger partial charge in [0.25, 0.3) is 0 Å². The molecule has 0 saturated carbocycles. The molecule has 0 aromatic carbocycles. The van der Waals surface area contributed by atoms with Crippen molar-refractivity contribution in [3.05, 3.63) is 0 Å². The van der Waals surface area contributed by atoms with Crippen molar-refractivity contribution in [3.8, 4) is 0 Å². The normalized spacial score (nSPS) is 22.3. The van der Waals surface area contributed by atoms with Gasteiger partial charge in [0.1, 0.15) is 5.92 Å². The minimum absolute atomic E-state index is 0.0156. The highest BCUT2D eigenvalue weighted by Crippen LogP contribution is 2.17.